The second kappa shape index (κ2) is 3.47. The molecule has 0 radical (unpaired) electrons. The van der Waals surface area contributed by atoms with Crippen LogP contribution in [-0.4, -0.2) is 11.8 Å². The maximum absolute atomic E-state index is 13.4. The fourth-order valence-corrected chi connectivity index (χ4v) is 3.05. The van der Waals surface area contributed by atoms with Crippen molar-refractivity contribution in [1.82, 2.24) is 0 Å². The smallest absolute Gasteiger partial charge is 0.123 e. The molecule has 2 heteroatoms. The van der Waals surface area contributed by atoms with Crippen LogP contribution in [0.1, 0.15) is 31.7 Å². The zero-order valence-corrected chi connectivity index (χ0v) is 9.58. The number of ether oxygens (including phenoxy) is 1. The number of rotatable bonds is 0. The van der Waals surface area contributed by atoms with Gasteiger partial charge in [0.1, 0.15) is 17.5 Å². The zero-order chi connectivity index (χ0) is 11.2. The summed E-state index contributed by atoms with van der Waals surface area (Å²) in [6.07, 6.45) is 2.48. The average molecular weight is 220 g/mol. The highest BCUT2D eigenvalue weighted by Gasteiger charge is 2.44. The molecule has 1 aliphatic heterocycles. The van der Waals surface area contributed by atoms with Gasteiger partial charge in [0.2, 0.25) is 0 Å². The number of benzene rings is 1. The summed E-state index contributed by atoms with van der Waals surface area (Å²) in [5.74, 6) is 1.34. The Morgan fingerprint density at radius 3 is 3.06 bits per heavy atom. The molecular formula is C14H17FO. The minimum Gasteiger partial charge on any atom is -0.487 e. The quantitative estimate of drug-likeness (QED) is 0.650. The van der Waals surface area contributed by atoms with E-state index in [1.54, 1.807) is 0 Å². The van der Waals surface area contributed by atoms with Crippen LogP contribution in [0.15, 0.2) is 24.3 Å². The Labute approximate surface area is 95.6 Å². The van der Waals surface area contributed by atoms with Gasteiger partial charge in [-0.15, -0.1) is 0 Å². The van der Waals surface area contributed by atoms with E-state index in [1.165, 1.54) is 5.56 Å². The summed E-state index contributed by atoms with van der Waals surface area (Å²) >= 11 is 0. The molecule has 0 spiro atoms. The molecule has 1 aromatic rings. The van der Waals surface area contributed by atoms with Crippen molar-refractivity contribution >= 4 is 0 Å². The van der Waals surface area contributed by atoms with Gasteiger partial charge in [0, 0.05) is 5.92 Å². The molecule has 0 unspecified atom stereocenters. The molecule has 0 amide bonds. The van der Waals surface area contributed by atoms with E-state index in [-0.39, 0.29) is 5.60 Å². The molecule has 1 saturated carbocycles. The SMILES string of the molecule is C[C@@]12CC[C@@H](F)C[C@H]1Cc1ccccc1O2. The highest BCUT2D eigenvalue weighted by atomic mass is 19.1. The monoisotopic (exact) mass is 220 g/mol. The molecule has 1 heterocycles. The van der Waals surface area contributed by atoms with Crippen LogP contribution >= 0.6 is 0 Å². The third-order valence-corrected chi connectivity index (χ3v) is 4.14. The summed E-state index contributed by atoms with van der Waals surface area (Å²) in [6.45, 7) is 2.14. The van der Waals surface area contributed by atoms with Crippen LogP contribution in [0.25, 0.3) is 0 Å². The Balaban J connectivity index is 1.94. The minimum atomic E-state index is -0.632. The van der Waals surface area contributed by atoms with Crippen molar-refractivity contribution < 1.29 is 9.13 Å². The fourth-order valence-electron chi connectivity index (χ4n) is 3.05. The molecule has 1 aliphatic carbocycles. The van der Waals surface area contributed by atoms with Crippen molar-refractivity contribution in [3.05, 3.63) is 29.8 Å². The molecule has 0 aromatic heterocycles. The Morgan fingerprint density at radius 1 is 1.38 bits per heavy atom. The van der Waals surface area contributed by atoms with Crippen molar-refractivity contribution in [2.75, 3.05) is 0 Å². The summed E-state index contributed by atoms with van der Waals surface area (Å²) in [5, 5.41) is 0. The van der Waals surface area contributed by atoms with Crippen molar-refractivity contribution in [2.24, 2.45) is 5.92 Å². The van der Waals surface area contributed by atoms with E-state index in [2.05, 4.69) is 13.0 Å². The lowest BCUT2D eigenvalue weighted by molar-refractivity contribution is -0.0423. The maximum atomic E-state index is 13.4. The van der Waals surface area contributed by atoms with Gasteiger partial charge in [-0.25, -0.2) is 4.39 Å². The zero-order valence-electron chi connectivity index (χ0n) is 9.58. The summed E-state index contributed by atoms with van der Waals surface area (Å²) in [6, 6.07) is 8.15. The molecule has 1 aromatic carbocycles. The van der Waals surface area contributed by atoms with Crippen molar-refractivity contribution in [3.63, 3.8) is 0 Å². The standard InChI is InChI=1S/C14H17FO/c1-14-7-6-12(15)9-11(14)8-10-4-2-3-5-13(10)16-14/h2-5,11-12H,6-9H2,1H3/t11-,12-,14-/m1/s1. The lowest BCUT2D eigenvalue weighted by Gasteiger charge is -2.46. The van der Waals surface area contributed by atoms with Crippen LogP contribution < -0.4 is 4.74 Å². The molecule has 2 aliphatic rings. The van der Waals surface area contributed by atoms with Gasteiger partial charge < -0.3 is 4.74 Å². The van der Waals surface area contributed by atoms with Crippen LogP contribution in [0, 0.1) is 5.92 Å². The van der Waals surface area contributed by atoms with Crippen LogP contribution in [0.3, 0.4) is 0 Å². The number of para-hydroxylation sites is 1. The van der Waals surface area contributed by atoms with E-state index in [1.807, 2.05) is 18.2 Å². The van der Waals surface area contributed by atoms with Crippen molar-refractivity contribution in [3.8, 4) is 5.75 Å². The lowest BCUT2D eigenvalue weighted by atomic mass is 9.71. The molecule has 0 N–H and O–H groups in total. The maximum Gasteiger partial charge on any atom is 0.123 e. The van der Waals surface area contributed by atoms with Crippen molar-refractivity contribution in [1.29, 1.82) is 0 Å². The molecule has 0 bridgehead atoms. The second-order valence-corrected chi connectivity index (χ2v) is 5.30. The first-order valence-electron chi connectivity index (χ1n) is 6.08. The van der Waals surface area contributed by atoms with Gasteiger partial charge in [-0.1, -0.05) is 18.2 Å². The first-order chi connectivity index (χ1) is 7.67. The van der Waals surface area contributed by atoms with E-state index >= 15 is 0 Å². The van der Waals surface area contributed by atoms with E-state index in [0.29, 0.717) is 18.8 Å². The van der Waals surface area contributed by atoms with Gasteiger partial charge in [-0.3, -0.25) is 0 Å². The molecule has 1 fully saturated rings. The molecule has 3 rings (SSSR count). The van der Waals surface area contributed by atoms with Gasteiger partial charge in [0.25, 0.3) is 0 Å². The first-order valence-corrected chi connectivity index (χ1v) is 6.08. The number of hydrogen-bond acceptors (Lipinski definition) is 1. The van der Waals surface area contributed by atoms with Gasteiger partial charge >= 0.3 is 0 Å². The van der Waals surface area contributed by atoms with Gasteiger partial charge in [0.05, 0.1) is 0 Å². The third-order valence-electron chi connectivity index (χ3n) is 4.14. The van der Waals surface area contributed by atoms with E-state index in [4.69, 9.17) is 4.74 Å². The average Bonchev–Trinajstić information content (AvgIpc) is 2.27. The van der Waals surface area contributed by atoms with E-state index in [0.717, 1.165) is 18.6 Å². The Morgan fingerprint density at radius 2 is 2.19 bits per heavy atom. The Kier molecular flexibility index (Phi) is 2.20. The number of fused-ring (bicyclic) bond motifs is 2. The highest BCUT2D eigenvalue weighted by molar-refractivity contribution is 5.37. The van der Waals surface area contributed by atoms with Crippen LogP contribution in [0.2, 0.25) is 0 Å². The summed E-state index contributed by atoms with van der Waals surface area (Å²) in [5.41, 5.74) is 1.09. The largest absolute Gasteiger partial charge is 0.487 e. The second-order valence-electron chi connectivity index (χ2n) is 5.30. The van der Waals surface area contributed by atoms with Crippen molar-refractivity contribution in [2.45, 2.75) is 44.4 Å². The number of alkyl halides is 1. The summed E-state index contributed by atoms with van der Waals surface area (Å²) in [7, 11) is 0. The molecule has 1 nitrogen and oxygen atoms in total. The normalized spacial score (nSPS) is 37.1. The lowest BCUT2D eigenvalue weighted by Crippen LogP contribution is -2.49. The Bertz CT molecular complexity index is 403. The molecule has 3 atom stereocenters. The number of hydrogen-bond donors (Lipinski definition) is 0. The third kappa shape index (κ3) is 1.51. The fraction of sp³-hybridized carbons (Fsp3) is 0.571. The Hall–Kier alpha value is -1.05. The van der Waals surface area contributed by atoms with Crippen LogP contribution in [0.5, 0.6) is 5.75 Å². The predicted molar refractivity (Wildman–Crippen MR) is 61.4 cm³/mol. The first kappa shape index (κ1) is 10.1. The highest BCUT2D eigenvalue weighted by Crippen LogP contribution is 2.45. The van der Waals surface area contributed by atoms with Crippen LogP contribution in [-0.2, 0) is 6.42 Å². The molecule has 0 saturated heterocycles. The van der Waals surface area contributed by atoms with Gasteiger partial charge in [-0.05, 0) is 44.2 Å². The minimum absolute atomic E-state index is 0.142. The van der Waals surface area contributed by atoms with E-state index < -0.39 is 6.17 Å². The summed E-state index contributed by atoms with van der Waals surface area (Å²) in [4.78, 5) is 0. The van der Waals surface area contributed by atoms with Crippen LogP contribution in [0.4, 0.5) is 4.39 Å². The predicted octanol–water partition coefficient (Wildman–Crippen LogP) is 3.52. The van der Waals surface area contributed by atoms with Gasteiger partial charge in [-0.2, -0.15) is 0 Å². The molecule has 16 heavy (non-hydrogen) atoms. The molecular weight excluding hydrogens is 203 g/mol. The summed E-state index contributed by atoms with van der Waals surface area (Å²) < 4.78 is 19.5. The van der Waals surface area contributed by atoms with E-state index in [9.17, 15) is 4.39 Å². The van der Waals surface area contributed by atoms with Gasteiger partial charge in [0.15, 0.2) is 0 Å². The topological polar surface area (TPSA) is 9.23 Å². The number of halogens is 1. The molecule has 86 valence electrons.